The van der Waals surface area contributed by atoms with Crippen LogP contribution < -0.4 is 30.7 Å². The Morgan fingerprint density at radius 3 is 2.36 bits per heavy atom. The molecule has 2 aromatic carbocycles. The highest BCUT2D eigenvalue weighted by atomic mass is 16.5. The first-order valence-corrected chi connectivity index (χ1v) is 20.3. The zero-order valence-corrected chi connectivity index (χ0v) is 35.0. The van der Waals surface area contributed by atoms with Crippen molar-refractivity contribution in [2.24, 2.45) is 18.9 Å². The number of amides is 5. The summed E-state index contributed by atoms with van der Waals surface area (Å²) in [6.07, 6.45) is 2.71. The lowest BCUT2D eigenvalue weighted by Crippen LogP contribution is -2.58. The van der Waals surface area contributed by atoms with Crippen LogP contribution in [0.25, 0.3) is 11.0 Å². The number of fused-ring (bicyclic) bond motifs is 18. The molecule has 15 heteroatoms. The van der Waals surface area contributed by atoms with Crippen molar-refractivity contribution in [1.29, 1.82) is 0 Å². The molecule has 0 unspecified atom stereocenters. The Hall–Kier alpha value is -5.99. The van der Waals surface area contributed by atoms with Crippen LogP contribution in [-0.2, 0) is 39.1 Å². The molecule has 1 saturated carbocycles. The number of ether oxygens (including phenoxy) is 2. The Morgan fingerprint density at radius 1 is 0.983 bits per heavy atom. The summed E-state index contributed by atoms with van der Waals surface area (Å²) >= 11 is 0. The number of rotatable bonds is 9. The molecule has 0 saturated heterocycles. The zero-order chi connectivity index (χ0) is 42.4. The van der Waals surface area contributed by atoms with E-state index < -0.39 is 41.8 Å². The van der Waals surface area contributed by atoms with E-state index in [1.54, 1.807) is 82.1 Å². The second kappa shape index (κ2) is 18.7. The van der Waals surface area contributed by atoms with Crippen LogP contribution in [0.3, 0.4) is 0 Å². The fourth-order valence-corrected chi connectivity index (χ4v) is 7.51. The highest BCUT2D eigenvalue weighted by molar-refractivity contribution is 6.08. The second-order valence-electron chi connectivity index (χ2n) is 16.3. The number of nitrogens with zero attached hydrogens (tertiary/aromatic N) is 4. The second-order valence-corrected chi connectivity index (χ2v) is 16.3. The van der Waals surface area contributed by atoms with Crippen molar-refractivity contribution in [3.8, 4) is 11.5 Å². The van der Waals surface area contributed by atoms with Gasteiger partial charge in [0.1, 0.15) is 36.2 Å². The smallest absolute Gasteiger partial charge is 0.252 e. The number of methoxy groups -OCH3 is 1. The maximum atomic E-state index is 14.5. The van der Waals surface area contributed by atoms with Gasteiger partial charge in [-0.15, -0.1) is 0 Å². The molecule has 4 N–H and O–H groups in total. The molecule has 4 atom stereocenters. The summed E-state index contributed by atoms with van der Waals surface area (Å²) in [7, 11) is 3.31. The SMILES string of the molecule is COc1ccc(C[C@@H]2NC(=O)[C@@H](NC(=O)c3cc(C)nc4c3c(C)nn4C)Cc3ccc(cc3)OC[C@H](CC(C)C)NC(=O)CN(CC3CC3)C(=O)[C@@H](C)NC2=O)cc1. The van der Waals surface area contributed by atoms with Gasteiger partial charge in [-0.2, -0.15) is 5.10 Å². The van der Waals surface area contributed by atoms with Gasteiger partial charge >= 0.3 is 0 Å². The fraction of sp³-hybridized carbons (Fsp3) is 0.477. The number of benzene rings is 2. The summed E-state index contributed by atoms with van der Waals surface area (Å²) in [5.74, 6) is -0.696. The van der Waals surface area contributed by atoms with Crippen LogP contribution >= 0.6 is 0 Å². The summed E-state index contributed by atoms with van der Waals surface area (Å²) < 4.78 is 13.1. The molecular formula is C44H56N8O7. The largest absolute Gasteiger partial charge is 0.497 e. The summed E-state index contributed by atoms with van der Waals surface area (Å²) in [4.78, 5) is 76.5. The summed E-state index contributed by atoms with van der Waals surface area (Å²) in [6.45, 7) is 9.71. The van der Waals surface area contributed by atoms with Crippen LogP contribution in [0.1, 0.15) is 72.9 Å². The number of aryl methyl sites for hydroxylation is 3. The Balaban J connectivity index is 1.36. The van der Waals surface area contributed by atoms with Crippen LogP contribution in [0.4, 0.5) is 0 Å². The van der Waals surface area contributed by atoms with Gasteiger partial charge in [0.25, 0.3) is 5.91 Å². The van der Waals surface area contributed by atoms with E-state index in [2.05, 4.69) is 45.2 Å². The molecule has 4 heterocycles. The van der Waals surface area contributed by atoms with E-state index in [1.807, 2.05) is 12.1 Å². The van der Waals surface area contributed by atoms with Crippen LogP contribution in [0.15, 0.2) is 54.6 Å². The lowest BCUT2D eigenvalue weighted by molar-refractivity contribution is -0.140. The van der Waals surface area contributed by atoms with Gasteiger partial charge in [-0.3, -0.25) is 28.7 Å². The van der Waals surface area contributed by atoms with E-state index in [9.17, 15) is 24.0 Å². The van der Waals surface area contributed by atoms with Crippen molar-refractivity contribution in [3.63, 3.8) is 0 Å². The van der Waals surface area contributed by atoms with Crippen molar-refractivity contribution >= 4 is 40.6 Å². The minimum absolute atomic E-state index is 0.0691. The first-order chi connectivity index (χ1) is 28.2. The molecule has 0 spiro atoms. The third-order valence-electron chi connectivity index (χ3n) is 10.7. The van der Waals surface area contributed by atoms with Crippen molar-refractivity contribution in [3.05, 3.63) is 82.7 Å². The maximum Gasteiger partial charge on any atom is 0.252 e. The molecule has 7 rings (SSSR count). The predicted octanol–water partition coefficient (Wildman–Crippen LogP) is 3.33. The Kier molecular flexibility index (Phi) is 13.5. The number of carbonyl (C=O) groups is 5. The molecule has 314 valence electrons. The Labute approximate surface area is 345 Å². The van der Waals surface area contributed by atoms with Crippen LogP contribution in [0.2, 0.25) is 0 Å². The number of pyridine rings is 1. The zero-order valence-electron chi connectivity index (χ0n) is 35.0. The molecule has 3 aliphatic rings. The normalized spacial score (nSPS) is 21.1. The summed E-state index contributed by atoms with van der Waals surface area (Å²) in [5, 5.41) is 16.8. The van der Waals surface area contributed by atoms with Gasteiger partial charge in [0.15, 0.2) is 5.65 Å². The van der Waals surface area contributed by atoms with Gasteiger partial charge in [0, 0.05) is 32.1 Å². The topological polar surface area (TPSA) is 186 Å². The standard InChI is InChI=1S/C44H56N8O7/c1-25(2)18-32-24-59-34-16-12-30(13-17-34)21-37(48-41(54)35-19-26(3)45-40-39(35)27(4)50-51(40)6)43(56)49-36(20-29-10-14-33(58-7)15-11-29)42(55)46-28(5)44(57)52(22-31-8-9-31)23-38(53)47-32/h10-17,19,25,28,31-32,36-37H,8-9,18,20-24H2,1-7H3,(H,46,55)(H,47,53)(H,48,54)(H,49,56)/t28-,32+,36+,37+/m1/s1. The number of hydrogen-bond donors (Lipinski definition) is 4. The fourth-order valence-electron chi connectivity index (χ4n) is 7.51. The molecule has 2 aliphatic heterocycles. The van der Waals surface area contributed by atoms with Crippen LogP contribution in [0.5, 0.6) is 11.5 Å². The van der Waals surface area contributed by atoms with Gasteiger partial charge in [-0.1, -0.05) is 38.1 Å². The number of nitrogens with one attached hydrogen (secondary N) is 4. The Morgan fingerprint density at radius 2 is 1.69 bits per heavy atom. The van der Waals surface area contributed by atoms with Gasteiger partial charge in [0.2, 0.25) is 23.6 Å². The molecular weight excluding hydrogens is 753 g/mol. The molecule has 59 heavy (non-hydrogen) atoms. The third kappa shape index (κ3) is 11.1. The van der Waals surface area contributed by atoms with E-state index >= 15 is 0 Å². The van der Waals surface area contributed by atoms with E-state index in [0.29, 0.717) is 52.4 Å². The summed E-state index contributed by atoms with van der Waals surface area (Å²) in [6, 6.07) is 12.4. The quantitative estimate of drug-likeness (QED) is 0.184. The number of carbonyl (C=O) groups excluding carboxylic acids is 5. The number of hydrogen-bond acceptors (Lipinski definition) is 9. The van der Waals surface area contributed by atoms with E-state index in [0.717, 1.165) is 24.0 Å². The first kappa shape index (κ1) is 42.6. The van der Waals surface area contributed by atoms with Crippen LogP contribution in [-0.4, -0.2) is 100 Å². The predicted molar refractivity (Wildman–Crippen MR) is 222 cm³/mol. The molecule has 4 aromatic rings. The van der Waals surface area contributed by atoms with Crippen molar-refractivity contribution < 1.29 is 33.4 Å². The molecule has 5 amide bonds. The molecule has 1 aliphatic carbocycles. The molecule has 2 bridgehead atoms. The maximum absolute atomic E-state index is 14.5. The Bertz CT molecular complexity index is 2160. The van der Waals surface area contributed by atoms with Gasteiger partial charge < -0.3 is 35.6 Å². The molecule has 0 radical (unpaired) electrons. The van der Waals surface area contributed by atoms with Gasteiger partial charge in [-0.25, -0.2) is 4.98 Å². The molecule has 1 fully saturated rings. The average molecular weight is 809 g/mol. The van der Waals surface area contributed by atoms with Crippen molar-refractivity contribution in [2.75, 3.05) is 26.8 Å². The average Bonchev–Trinajstić information content (AvgIpc) is 3.97. The minimum atomic E-state index is -1.15. The van der Waals surface area contributed by atoms with Gasteiger partial charge in [0.05, 0.1) is 36.3 Å². The number of aromatic nitrogens is 3. The van der Waals surface area contributed by atoms with E-state index in [4.69, 9.17) is 9.47 Å². The first-order valence-electron chi connectivity index (χ1n) is 20.3. The minimum Gasteiger partial charge on any atom is -0.497 e. The highest BCUT2D eigenvalue weighted by Crippen LogP contribution is 2.30. The van der Waals surface area contributed by atoms with Crippen molar-refractivity contribution in [1.82, 2.24) is 40.9 Å². The summed E-state index contributed by atoms with van der Waals surface area (Å²) in [5.41, 5.74) is 3.52. The van der Waals surface area contributed by atoms with Crippen molar-refractivity contribution in [2.45, 2.75) is 90.9 Å². The van der Waals surface area contributed by atoms with Crippen LogP contribution in [0, 0.1) is 25.7 Å². The van der Waals surface area contributed by atoms with E-state index in [1.165, 1.54) is 4.90 Å². The molecule has 15 nitrogen and oxygen atoms in total. The van der Waals surface area contributed by atoms with E-state index in [-0.39, 0.29) is 49.8 Å². The van der Waals surface area contributed by atoms with Gasteiger partial charge in [-0.05, 0) is 93.3 Å². The lowest BCUT2D eigenvalue weighted by Gasteiger charge is -2.29. The lowest BCUT2D eigenvalue weighted by atomic mass is 10.0. The third-order valence-corrected chi connectivity index (χ3v) is 10.7. The monoisotopic (exact) mass is 808 g/mol. The highest BCUT2D eigenvalue weighted by Gasteiger charge is 2.34. The molecule has 2 aromatic heterocycles.